The lowest BCUT2D eigenvalue weighted by atomic mass is 9.85. The van der Waals surface area contributed by atoms with Crippen LogP contribution in [-0.4, -0.2) is 46.5 Å². The third-order valence-corrected chi connectivity index (χ3v) is 8.29. The highest BCUT2D eigenvalue weighted by atomic mass is 19.1. The molecule has 1 saturated heterocycles. The number of hydrogen-bond acceptors (Lipinski definition) is 3. The second-order valence-electron chi connectivity index (χ2n) is 10.8. The van der Waals surface area contributed by atoms with Crippen molar-refractivity contribution in [3.8, 4) is 5.75 Å². The van der Waals surface area contributed by atoms with E-state index >= 15 is 0 Å². The van der Waals surface area contributed by atoms with Crippen molar-refractivity contribution in [2.75, 3.05) is 19.6 Å². The number of rotatable bonds is 7. The number of carbonyl (C=O) groups excluding carboxylic acids is 1. The molecule has 0 aromatic heterocycles. The van der Waals surface area contributed by atoms with Gasteiger partial charge in [-0.05, 0) is 67.1 Å². The zero-order valence-corrected chi connectivity index (χ0v) is 21.7. The van der Waals surface area contributed by atoms with Crippen LogP contribution in [0.1, 0.15) is 65.1 Å². The summed E-state index contributed by atoms with van der Waals surface area (Å²) < 4.78 is 13.6. The minimum absolute atomic E-state index is 0.00888. The van der Waals surface area contributed by atoms with E-state index in [0.29, 0.717) is 30.3 Å². The summed E-state index contributed by atoms with van der Waals surface area (Å²) in [6, 6.07) is 22.3. The van der Waals surface area contributed by atoms with Crippen LogP contribution >= 0.6 is 0 Å². The van der Waals surface area contributed by atoms with Gasteiger partial charge in [-0.3, -0.25) is 9.69 Å². The number of amides is 1. The normalized spacial score (nSPS) is 20.7. The lowest BCUT2D eigenvalue weighted by molar-refractivity contribution is 0.0588. The molecule has 1 aliphatic carbocycles. The van der Waals surface area contributed by atoms with Gasteiger partial charge in [-0.1, -0.05) is 61.7 Å². The molecule has 1 heterocycles. The highest BCUT2D eigenvalue weighted by Crippen LogP contribution is 2.37. The van der Waals surface area contributed by atoms with E-state index in [1.807, 2.05) is 18.2 Å². The van der Waals surface area contributed by atoms with Crippen molar-refractivity contribution in [1.82, 2.24) is 9.80 Å². The topological polar surface area (TPSA) is 43.8 Å². The quantitative estimate of drug-likeness (QED) is 0.401. The first-order valence-corrected chi connectivity index (χ1v) is 13.6. The van der Waals surface area contributed by atoms with Crippen LogP contribution in [-0.2, 0) is 6.54 Å². The van der Waals surface area contributed by atoms with Crippen molar-refractivity contribution in [2.45, 2.75) is 57.5 Å². The second-order valence-corrected chi connectivity index (χ2v) is 10.8. The number of halogens is 1. The van der Waals surface area contributed by atoms with Gasteiger partial charge in [0.1, 0.15) is 11.6 Å². The number of aryl methyl sites for hydroxylation is 1. The summed E-state index contributed by atoms with van der Waals surface area (Å²) in [4.78, 5) is 18.3. The summed E-state index contributed by atoms with van der Waals surface area (Å²) in [6.07, 6.45) is 5.55. The number of para-hydroxylation sites is 1. The van der Waals surface area contributed by atoms with Crippen molar-refractivity contribution in [1.29, 1.82) is 0 Å². The highest BCUT2D eigenvalue weighted by molar-refractivity contribution is 5.94. The molecule has 0 bridgehead atoms. The molecule has 194 valence electrons. The molecule has 2 aliphatic rings. The van der Waals surface area contributed by atoms with E-state index in [4.69, 9.17) is 0 Å². The van der Waals surface area contributed by atoms with Crippen LogP contribution in [0.4, 0.5) is 4.39 Å². The van der Waals surface area contributed by atoms with E-state index in [1.165, 1.54) is 29.7 Å². The minimum atomic E-state index is -0.323. The molecular formula is C32H37FN2O2. The Balaban J connectivity index is 1.44. The molecule has 1 amide bonds. The third kappa shape index (κ3) is 5.88. The van der Waals surface area contributed by atoms with Crippen LogP contribution in [0.3, 0.4) is 0 Å². The summed E-state index contributed by atoms with van der Waals surface area (Å²) in [7, 11) is 0. The summed E-state index contributed by atoms with van der Waals surface area (Å²) in [5.41, 5.74) is 4.10. The lowest BCUT2D eigenvalue weighted by Gasteiger charge is -2.37. The standard InChI is InChI=1S/C32H37FN2O2/c1-23-9-5-7-13-29(23)30-22-34(19-25-10-6-8-14-31(25)36)20-26(30)21-35(28-11-3-2-4-12-28)32(37)24-15-17-27(33)18-16-24/h5-10,13-18,26,28,30,36H,2-4,11-12,19-22H2,1H3/t26-,30-/m0/s1. The van der Waals surface area contributed by atoms with Crippen LogP contribution in [0.2, 0.25) is 0 Å². The molecule has 37 heavy (non-hydrogen) atoms. The smallest absolute Gasteiger partial charge is 0.254 e. The number of phenols is 1. The van der Waals surface area contributed by atoms with Crippen LogP contribution in [0, 0.1) is 18.7 Å². The molecule has 1 N–H and O–H groups in total. The fourth-order valence-electron chi connectivity index (χ4n) is 6.32. The summed E-state index contributed by atoms with van der Waals surface area (Å²) in [6.45, 7) is 5.26. The summed E-state index contributed by atoms with van der Waals surface area (Å²) in [5, 5.41) is 10.4. The molecular weight excluding hydrogens is 463 g/mol. The third-order valence-electron chi connectivity index (χ3n) is 8.29. The van der Waals surface area contributed by atoms with Gasteiger partial charge < -0.3 is 10.0 Å². The number of likely N-dealkylation sites (tertiary alicyclic amines) is 1. The summed E-state index contributed by atoms with van der Waals surface area (Å²) >= 11 is 0. The van der Waals surface area contributed by atoms with E-state index in [0.717, 1.165) is 44.3 Å². The van der Waals surface area contributed by atoms with Crippen molar-refractivity contribution >= 4 is 5.91 Å². The molecule has 0 spiro atoms. The first-order valence-electron chi connectivity index (χ1n) is 13.6. The van der Waals surface area contributed by atoms with Crippen molar-refractivity contribution in [2.24, 2.45) is 5.92 Å². The Kier molecular flexibility index (Phi) is 7.90. The Hall–Kier alpha value is -3.18. The second kappa shape index (κ2) is 11.5. The van der Waals surface area contributed by atoms with Crippen molar-refractivity contribution < 1.29 is 14.3 Å². The molecule has 3 aromatic rings. The lowest BCUT2D eigenvalue weighted by Crippen LogP contribution is -2.45. The van der Waals surface area contributed by atoms with Gasteiger partial charge in [-0.25, -0.2) is 4.39 Å². The maximum Gasteiger partial charge on any atom is 0.254 e. The van der Waals surface area contributed by atoms with Gasteiger partial charge in [0.15, 0.2) is 0 Å². The first-order chi connectivity index (χ1) is 18.0. The Morgan fingerprint density at radius 3 is 2.38 bits per heavy atom. The molecule has 0 unspecified atom stereocenters. The Morgan fingerprint density at radius 1 is 0.946 bits per heavy atom. The molecule has 2 fully saturated rings. The Labute approximate surface area is 219 Å². The van der Waals surface area contributed by atoms with Crippen LogP contribution < -0.4 is 0 Å². The number of nitrogens with zero attached hydrogens (tertiary/aromatic N) is 2. The number of carbonyl (C=O) groups is 1. The van der Waals surface area contributed by atoms with Crippen molar-refractivity contribution in [3.05, 3.63) is 101 Å². The summed E-state index contributed by atoms with van der Waals surface area (Å²) in [5.74, 6) is 0.566. The fourth-order valence-corrected chi connectivity index (χ4v) is 6.32. The van der Waals surface area contributed by atoms with Gasteiger partial charge in [-0.15, -0.1) is 0 Å². The predicted molar refractivity (Wildman–Crippen MR) is 145 cm³/mol. The van der Waals surface area contributed by atoms with Gasteiger partial charge in [0.2, 0.25) is 0 Å². The molecule has 2 atom stereocenters. The van der Waals surface area contributed by atoms with Gasteiger partial charge >= 0.3 is 0 Å². The van der Waals surface area contributed by atoms with Crippen LogP contribution in [0.15, 0.2) is 72.8 Å². The molecule has 4 nitrogen and oxygen atoms in total. The monoisotopic (exact) mass is 500 g/mol. The molecule has 5 rings (SSSR count). The fraction of sp³-hybridized carbons (Fsp3) is 0.406. The number of hydrogen-bond donors (Lipinski definition) is 1. The molecule has 3 aromatic carbocycles. The van der Waals surface area contributed by atoms with Crippen LogP contribution in [0.25, 0.3) is 0 Å². The average Bonchev–Trinajstić information content (AvgIpc) is 3.31. The first kappa shape index (κ1) is 25.5. The predicted octanol–water partition coefficient (Wildman–Crippen LogP) is 6.53. The Morgan fingerprint density at radius 2 is 1.65 bits per heavy atom. The molecule has 5 heteroatoms. The van der Waals surface area contributed by atoms with E-state index in [9.17, 15) is 14.3 Å². The maximum absolute atomic E-state index is 13.8. The van der Waals surface area contributed by atoms with Gasteiger partial charge in [0, 0.05) is 49.3 Å². The number of phenolic OH excluding ortho intramolecular Hbond substituents is 1. The van der Waals surface area contributed by atoms with E-state index in [1.54, 1.807) is 18.2 Å². The SMILES string of the molecule is Cc1ccccc1[C@H]1CN(Cc2ccccc2O)C[C@H]1CN(C(=O)c1ccc(F)cc1)C1CCCCC1. The van der Waals surface area contributed by atoms with Crippen LogP contribution in [0.5, 0.6) is 5.75 Å². The van der Waals surface area contributed by atoms with Crippen molar-refractivity contribution in [3.63, 3.8) is 0 Å². The minimum Gasteiger partial charge on any atom is -0.508 e. The highest BCUT2D eigenvalue weighted by Gasteiger charge is 2.38. The molecule has 1 saturated carbocycles. The zero-order chi connectivity index (χ0) is 25.8. The van der Waals surface area contributed by atoms with Gasteiger partial charge in [0.05, 0.1) is 0 Å². The molecule has 1 aliphatic heterocycles. The van der Waals surface area contributed by atoms with E-state index in [2.05, 4.69) is 41.0 Å². The van der Waals surface area contributed by atoms with Gasteiger partial charge in [0.25, 0.3) is 5.91 Å². The number of benzene rings is 3. The molecule has 0 radical (unpaired) electrons. The van der Waals surface area contributed by atoms with E-state index < -0.39 is 0 Å². The largest absolute Gasteiger partial charge is 0.508 e. The van der Waals surface area contributed by atoms with E-state index in [-0.39, 0.29) is 23.7 Å². The number of aromatic hydroxyl groups is 1. The van der Waals surface area contributed by atoms with Gasteiger partial charge in [-0.2, -0.15) is 0 Å². The zero-order valence-electron chi connectivity index (χ0n) is 21.7. The average molecular weight is 501 g/mol. The maximum atomic E-state index is 13.8. The Bertz CT molecular complexity index is 1210.